The molecule has 2 aliphatic rings. The molecule has 2 amide bonds. The number of amides is 2. The number of hydrogen-bond donors (Lipinski definition) is 0. The zero-order valence-electron chi connectivity index (χ0n) is 18.6. The minimum absolute atomic E-state index is 0.0982. The molecule has 2 aliphatic heterocycles. The molecule has 0 radical (unpaired) electrons. The molecule has 0 aliphatic carbocycles. The molecule has 2 saturated heterocycles. The van der Waals surface area contributed by atoms with Crippen LogP contribution in [-0.4, -0.2) is 47.3 Å². The van der Waals surface area contributed by atoms with Gasteiger partial charge in [-0.25, -0.2) is 0 Å². The maximum absolute atomic E-state index is 13.2. The van der Waals surface area contributed by atoms with Crippen molar-refractivity contribution in [3.05, 3.63) is 71.3 Å². The molecule has 176 valence electrons. The maximum Gasteiger partial charge on any atom is 0.416 e. The van der Waals surface area contributed by atoms with Gasteiger partial charge in [0.05, 0.1) is 5.56 Å². The number of rotatable bonds is 5. The van der Waals surface area contributed by atoms with Crippen molar-refractivity contribution < 1.29 is 22.8 Å². The van der Waals surface area contributed by atoms with Gasteiger partial charge in [-0.05, 0) is 68.4 Å². The van der Waals surface area contributed by atoms with Crippen LogP contribution >= 0.6 is 0 Å². The van der Waals surface area contributed by atoms with E-state index in [9.17, 15) is 22.8 Å². The van der Waals surface area contributed by atoms with E-state index in [-0.39, 0.29) is 29.3 Å². The Morgan fingerprint density at radius 2 is 1.55 bits per heavy atom. The third-order valence-corrected chi connectivity index (χ3v) is 6.86. The van der Waals surface area contributed by atoms with Crippen molar-refractivity contribution in [1.82, 2.24) is 9.80 Å². The summed E-state index contributed by atoms with van der Waals surface area (Å²) in [5.74, 6) is -0.192. The molecule has 33 heavy (non-hydrogen) atoms. The van der Waals surface area contributed by atoms with Crippen molar-refractivity contribution in [2.24, 2.45) is 5.92 Å². The van der Waals surface area contributed by atoms with Crippen LogP contribution in [0.1, 0.15) is 53.6 Å². The van der Waals surface area contributed by atoms with Gasteiger partial charge in [0.1, 0.15) is 0 Å². The second kappa shape index (κ2) is 9.98. The Balaban J connectivity index is 1.29. The SMILES string of the molecule is O=C(c1ccc(C(F)(F)F)cc1)N1CCC(C(=O)N2CCCC2CCc2ccccc2)CC1. The molecule has 0 spiro atoms. The maximum atomic E-state index is 13.2. The number of halogens is 3. The van der Waals surface area contributed by atoms with E-state index in [1.165, 1.54) is 17.7 Å². The Bertz CT molecular complexity index is 952. The summed E-state index contributed by atoms with van der Waals surface area (Å²) in [4.78, 5) is 29.6. The van der Waals surface area contributed by atoms with Gasteiger partial charge < -0.3 is 9.80 Å². The van der Waals surface area contributed by atoms with Gasteiger partial charge in [-0.3, -0.25) is 9.59 Å². The number of carbonyl (C=O) groups excluding carboxylic acids is 2. The summed E-state index contributed by atoms with van der Waals surface area (Å²) in [6, 6.07) is 14.9. The van der Waals surface area contributed by atoms with E-state index in [2.05, 4.69) is 12.1 Å². The molecule has 7 heteroatoms. The lowest BCUT2D eigenvalue weighted by molar-refractivity contribution is -0.138. The Morgan fingerprint density at radius 3 is 2.18 bits per heavy atom. The molecule has 0 N–H and O–H groups in total. The summed E-state index contributed by atoms with van der Waals surface area (Å²) in [6.45, 7) is 1.68. The van der Waals surface area contributed by atoms with Crippen LogP contribution in [0, 0.1) is 5.92 Å². The van der Waals surface area contributed by atoms with Crippen LogP contribution < -0.4 is 0 Å². The van der Waals surface area contributed by atoms with Gasteiger partial charge in [-0.2, -0.15) is 13.2 Å². The van der Waals surface area contributed by atoms with E-state index in [1.807, 2.05) is 23.1 Å². The first-order valence-corrected chi connectivity index (χ1v) is 11.6. The molecule has 0 saturated carbocycles. The molecule has 4 nitrogen and oxygen atoms in total. The predicted octanol–water partition coefficient (Wildman–Crippen LogP) is 5.18. The van der Waals surface area contributed by atoms with Gasteiger partial charge in [-0.1, -0.05) is 30.3 Å². The normalized spacial score (nSPS) is 19.7. The lowest BCUT2D eigenvalue weighted by atomic mass is 9.94. The lowest BCUT2D eigenvalue weighted by Crippen LogP contribution is -2.45. The molecule has 2 aromatic carbocycles. The minimum Gasteiger partial charge on any atom is -0.339 e. The fourth-order valence-electron chi connectivity index (χ4n) is 4.95. The second-order valence-corrected chi connectivity index (χ2v) is 8.99. The van der Waals surface area contributed by atoms with Crippen LogP contribution in [-0.2, 0) is 17.4 Å². The van der Waals surface area contributed by atoms with Crippen molar-refractivity contribution in [1.29, 1.82) is 0 Å². The van der Waals surface area contributed by atoms with Gasteiger partial charge in [-0.15, -0.1) is 0 Å². The van der Waals surface area contributed by atoms with Crippen LogP contribution in [0.3, 0.4) is 0 Å². The highest BCUT2D eigenvalue weighted by Gasteiger charge is 2.35. The Labute approximate surface area is 192 Å². The fraction of sp³-hybridized carbons (Fsp3) is 0.462. The van der Waals surface area contributed by atoms with Crippen molar-refractivity contribution >= 4 is 11.8 Å². The van der Waals surface area contributed by atoms with E-state index in [4.69, 9.17) is 0 Å². The van der Waals surface area contributed by atoms with Gasteiger partial charge >= 0.3 is 6.18 Å². The van der Waals surface area contributed by atoms with Crippen molar-refractivity contribution in [2.75, 3.05) is 19.6 Å². The Morgan fingerprint density at radius 1 is 0.879 bits per heavy atom. The van der Waals surface area contributed by atoms with E-state index in [0.717, 1.165) is 44.4 Å². The third-order valence-electron chi connectivity index (χ3n) is 6.86. The number of alkyl halides is 3. The molecule has 1 unspecified atom stereocenters. The van der Waals surface area contributed by atoms with E-state index in [0.29, 0.717) is 25.9 Å². The molecule has 2 aromatic rings. The lowest BCUT2D eigenvalue weighted by Gasteiger charge is -2.35. The highest BCUT2D eigenvalue weighted by atomic mass is 19.4. The predicted molar refractivity (Wildman–Crippen MR) is 120 cm³/mol. The molecular formula is C26H29F3N2O2. The number of piperidine rings is 1. The van der Waals surface area contributed by atoms with Crippen LogP contribution in [0.2, 0.25) is 0 Å². The molecule has 2 fully saturated rings. The standard InChI is InChI=1S/C26H29F3N2O2/c27-26(28,29)22-11-9-20(10-12-22)24(32)30-17-14-21(15-18-30)25(33)31-16-4-7-23(31)13-8-19-5-2-1-3-6-19/h1-3,5-6,9-12,21,23H,4,7-8,13-18H2. The molecule has 2 heterocycles. The highest BCUT2D eigenvalue weighted by molar-refractivity contribution is 5.94. The molecule has 4 rings (SSSR count). The largest absolute Gasteiger partial charge is 0.416 e. The van der Waals surface area contributed by atoms with Crippen LogP contribution in [0.5, 0.6) is 0 Å². The fourth-order valence-corrected chi connectivity index (χ4v) is 4.95. The second-order valence-electron chi connectivity index (χ2n) is 8.99. The number of aryl methyl sites for hydroxylation is 1. The first kappa shape index (κ1) is 23.3. The Kier molecular flexibility index (Phi) is 7.05. The van der Waals surface area contributed by atoms with Gasteiger partial charge in [0.25, 0.3) is 5.91 Å². The minimum atomic E-state index is -4.42. The van der Waals surface area contributed by atoms with Gasteiger partial charge in [0.15, 0.2) is 0 Å². The van der Waals surface area contributed by atoms with Crippen LogP contribution in [0.4, 0.5) is 13.2 Å². The number of hydrogen-bond acceptors (Lipinski definition) is 2. The summed E-state index contributed by atoms with van der Waals surface area (Å²) < 4.78 is 38.3. The van der Waals surface area contributed by atoms with Crippen molar-refractivity contribution in [3.8, 4) is 0 Å². The number of benzene rings is 2. The summed E-state index contributed by atoms with van der Waals surface area (Å²) in [7, 11) is 0. The van der Waals surface area contributed by atoms with E-state index < -0.39 is 11.7 Å². The van der Waals surface area contributed by atoms with Gasteiger partial charge in [0, 0.05) is 37.2 Å². The first-order valence-electron chi connectivity index (χ1n) is 11.6. The van der Waals surface area contributed by atoms with E-state index >= 15 is 0 Å². The Hall–Kier alpha value is -2.83. The van der Waals surface area contributed by atoms with Crippen molar-refractivity contribution in [2.45, 2.75) is 50.7 Å². The van der Waals surface area contributed by atoms with E-state index in [1.54, 1.807) is 4.90 Å². The summed E-state index contributed by atoms with van der Waals surface area (Å²) in [6.07, 6.45) is 0.728. The number of nitrogens with zero attached hydrogens (tertiary/aromatic N) is 2. The average Bonchev–Trinajstić information content (AvgIpc) is 3.31. The highest BCUT2D eigenvalue weighted by Crippen LogP contribution is 2.30. The third kappa shape index (κ3) is 5.57. The number of likely N-dealkylation sites (tertiary alicyclic amines) is 2. The summed E-state index contributed by atoms with van der Waals surface area (Å²) in [5.41, 5.74) is 0.760. The first-order chi connectivity index (χ1) is 15.8. The molecule has 0 aromatic heterocycles. The smallest absolute Gasteiger partial charge is 0.339 e. The quantitative estimate of drug-likeness (QED) is 0.619. The molecule has 0 bridgehead atoms. The molecule has 1 atom stereocenters. The summed E-state index contributed by atoms with van der Waals surface area (Å²) in [5, 5.41) is 0. The van der Waals surface area contributed by atoms with Crippen molar-refractivity contribution in [3.63, 3.8) is 0 Å². The topological polar surface area (TPSA) is 40.6 Å². The monoisotopic (exact) mass is 458 g/mol. The zero-order valence-corrected chi connectivity index (χ0v) is 18.6. The van der Waals surface area contributed by atoms with Crippen LogP contribution in [0.25, 0.3) is 0 Å². The van der Waals surface area contributed by atoms with Crippen LogP contribution in [0.15, 0.2) is 54.6 Å². The summed E-state index contributed by atoms with van der Waals surface area (Å²) >= 11 is 0. The molecular weight excluding hydrogens is 429 g/mol. The zero-order chi connectivity index (χ0) is 23.4. The van der Waals surface area contributed by atoms with Gasteiger partial charge in [0.2, 0.25) is 5.91 Å². The number of carbonyl (C=O) groups is 2. The average molecular weight is 459 g/mol.